The molecule has 0 amide bonds. The Morgan fingerprint density at radius 3 is 2.38 bits per heavy atom. The van der Waals surface area contributed by atoms with E-state index in [0.29, 0.717) is 29.8 Å². The highest BCUT2D eigenvalue weighted by atomic mass is 16.8. The van der Waals surface area contributed by atoms with E-state index in [9.17, 15) is 50.1 Å². The van der Waals surface area contributed by atoms with Gasteiger partial charge in [-0.3, -0.25) is 24.2 Å². The number of hydrogen-bond acceptors (Lipinski definition) is 17. The van der Waals surface area contributed by atoms with Gasteiger partial charge in [0.05, 0.1) is 28.9 Å². The Hall–Kier alpha value is -5.96. The number of phenols is 1. The van der Waals surface area contributed by atoms with E-state index in [2.05, 4.69) is 10.3 Å². The predicted octanol–water partition coefficient (Wildman–Crippen LogP) is 2.81. The van der Waals surface area contributed by atoms with E-state index in [1.165, 1.54) is 41.7 Å². The minimum absolute atomic E-state index is 0.0160. The lowest BCUT2D eigenvalue weighted by molar-refractivity contribution is -0.372. The number of rotatable bonds is 16. The summed E-state index contributed by atoms with van der Waals surface area (Å²) in [5, 5.41) is 80.8. The van der Waals surface area contributed by atoms with Crippen LogP contribution in [0.2, 0.25) is 0 Å². The zero-order chi connectivity index (χ0) is 46.2. The first-order chi connectivity index (χ1) is 31.2. The molecule has 1 saturated carbocycles. The summed E-state index contributed by atoms with van der Waals surface area (Å²) >= 11 is 0. The van der Waals surface area contributed by atoms with Gasteiger partial charge in [0, 0.05) is 42.1 Å². The number of carboxylic acid groups (broad SMARTS) is 1. The van der Waals surface area contributed by atoms with E-state index in [1.54, 1.807) is 24.4 Å². The molecular weight excluding hydrogens is 847 g/mol. The number of fused-ring (bicyclic) bond motifs is 2. The third-order valence-corrected chi connectivity index (χ3v) is 12.2. The Morgan fingerprint density at radius 2 is 1.71 bits per heavy atom. The van der Waals surface area contributed by atoms with Crippen LogP contribution in [0.25, 0.3) is 27.8 Å². The molecule has 0 spiro atoms. The first-order valence-corrected chi connectivity index (χ1v) is 21.4. The number of aliphatic carboxylic acids is 1. The van der Waals surface area contributed by atoms with E-state index in [4.69, 9.17) is 23.5 Å². The minimum atomic E-state index is -3.19. The van der Waals surface area contributed by atoms with Crippen LogP contribution in [0.4, 0.5) is 0 Å². The molecule has 0 radical (unpaired) electrons. The standard InChI is InChI=1S/C47H51N3O15/c1-24-17-25(2)19-28(18-24)38-37-27(13-15-48-37)21-50(38)65-42-40(55)41(56)43(47(60,23-52)64-45(59)36(44(57)58)34(14-16-51)49-29-5-3-4-6-29)63-46(42)62-31-11-12-32-35(20-31)61-22-33(39(32)54)26-7-9-30(53)10-8-26/h7-13,15,17-20,22,29,34,36,40-43,46,49,51-53,55-56,60H,3-6,14,16,21,23H2,1-2H3,(H,57,58)/t34-,36-,40+,41+,42-,43+,46-,47+/m0/s1. The maximum Gasteiger partial charge on any atom is 0.324 e. The Labute approximate surface area is 372 Å². The molecule has 65 heavy (non-hydrogen) atoms. The van der Waals surface area contributed by atoms with Crippen molar-refractivity contribution in [2.75, 3.05) is 19.8 Å². The summed E-state index contributed by atoms with van der Waals surface area (Å²) in [6.45, 7) is 2.08. The fourth-order valence-corrected chi connectivity index (χ4v) is 8.99. The predicted molar refractivity (Wildman–Crippen MR) is 232 cm³/mol. The number of benzene rings is 3. The van der Waals surface area contributed by atoms with Crippen LogP contribution in [0.15, 0.2) is 98.5 Å². The average molecular weight is 898 g/mol. The molecule has 3 aliphatic heterocycles. The third kappa shape index (κ3) is 9.29. The van der Waals surface area contributed by atoms with Crippen LogP contribution < -0.4 is 15.5 Å². The number of esters is 1. The van der Waals surface area contributed by atoms with E-state index >= 15 is 0 Å². The molecule has 18 nitrogen and oxygen atoms in total. The third-order valence-electron chi connectivity index (χ3n) is 12.2. The van der Waals surface area contributed by atoms with Crippen molar-refractivity contribution in [2.24, 2.45) is 10.9 Å². The van der Waals surface area contributed by atoms with Gasteiger partial charge in [-0.25, -0.2) is 5.06 Å². The Balaban J connectivity index is 1.13. The number of aliphatic hydroxyl groups is 5. The van der Waals surface area contributed by atoms with Crippen LogP contribution in [-0.4, -0.2) is 127 Å². The van der Waals surface area contributed by atoms with Crippen molar-refractivity contribution < 1.29 is 68.8 Å². The van der Waals surface area contributed by atoms with Gasteiger partial charge in [-0.15, -0.1) is 0 Å². The van der Waals surface area contributed by atoms with Gasteiger partial charge in [-0.1, -0.05) is 42.2 Å². The van der Waals surface area contributed by atoms with Crippen LogP contribution in [0.5, 0.6) is 11.5 Å². The minimum Gasteiger partial charge on any atom is -0.508 e. The number of nitrogens with zero attached hydrogens (tertiary/aromatic N) is 2. The highest BCUT2D eigenvalue weighted by molar-refractivity contribution is 5.95. The number of carbonyl (C=O) groups excluding carboxylic acids is 1. The van der Waals surface area contributed by atoms with Gasteiger partial charge in [-0.05, 0) is 81.1 Å². The van der Waals surface area contributed by atoms with E-state index in [-0.39, 0.29) is 47.0 Å². The number of carboxylic acids is 1. The normalized spacial score (nSPS) is 23.9. The summed E-state index contributed by atoms with van der Waals surface area (Å²) in [4.78, 5) is 51.1. The lowest BCUT2D eigenvalue weighted by Gasteiger charge is -2.47. The largest absolute Gasteiger partial charge is 0.508 e. The Kier molecular flexibility index (Phi) is 13.2. The van der Waals surface area contributed by atoms with Crippen molar-refractivity contribution in [3.8, 4) is 22.6 Å². The summed E-state index contributed by atoms with van der Waals surface area (Å²) in [6, 6.07) is 14.8. The van der Waals surface area contributed by atoms with Crippen LogP contribution in [-0.2, 0) is 23.9 Å². The molecule has 0 unspecified atom stereocenters. The molecule has 4 aliphatic rings. The van der Waals surface area contributed by atoms with Gasteiger partial charge in [0.2, 0.25) is 6.29 Å². The van der Waals surface area contributed by atoms with Gasteiger partial charge < -0.3 is 59.7 Å². The van der Waals surface area contributed by atoms with Gasteiger partial charge in [0.25, 0.3) is 5.79 Å². The van der Waals surface area contributed by atoms with Crippen LogP contribution in [0.3, 0.4) is 0 Å². The maximum atomic E-state index is 13.8. The summed E-state index contributed by atoms with van der Waals surface area (Å²) < 4.78 is 23.7. The first kappa shape index (κ1) is 45.6. The Bertz CT molecular complexity index is 2570. The van der Waals surface area contributed by atoms with Crippen LogP contribution in [0.1, 0.15) is 48.8 Å². The molecule has 8 N–H and O–H groups in total. The van der Waals surface area contributed by atoms with Crippen molar-refractivity contribution in [2.45, 2.75) is 94.5 Å². The molecule has 8 rings (SSSR count). The van der Waals surface area contributed by atoms with Crippen molar-refractivity contribution in [3.05, 3.63) is 111 Å². The lowest BCUT2D eigenvalue weighted by atomic mass is 9.92. The first-order valence-electron chi connectivity index (χ1n) is 21.4. The second-order valence-electron chi connectivity index (χ2n) is 16.9. The molecule has 1 saturated heterocycles. The molecular formula is C47H51N3O15. The number of hydroxylamine groups is 2. The molecule has 1 aromatic heterocycles. The van der Waals surface area contributed by atoms with Crippen LogP contribution in [0, 0.1) is 19.8 Å². The SMILES string of the molecule is Cc1cc(C)cc(C2=C3N=CC=C3CN2O[C@@H]2[C@@H](Oc3ccc4c(=O)c(-c5ccc(O)cc5)coc4c3)O[C@@H]([C@@](O)(CO)OC(=O)[C@H](C(=O)O)[C@H](CCO)NC3CCCC3)[C@H](O)[C@H]2O)c1. The highest BCUT2D eigenvalue weighted by Crippen LogP contribution is 2.41. The van der Waals surface area contributed by atoms with Gasteiger partial charge in [0.15, 0.2) is 23.6 Å². The number of aliphatic hydroxyl groups excluding tert-OH is 4. The number of phenolic OH excluding ortho intramolecular Hbond substituents is 1. The number of aliphatic imine (C=N–C) groups is 1. The van der Waals surface area contributed by atoms with Crippen molar-refractivity contribution in [3.63, 3.8) is 0 Å². The second kappa shape index (κ2) is 18.9. The number of nitrogens with one attached hydrogen (secondary N) is 1. The van der Waals surface area contributed by atoms with Gasteiger partial charge >= 0.3 is 11.9 Å². The molecule has 4 aromatic rings. The number of aryl methyl sites for hydroxylation is 2. The highest BCUT2D eigenvalue weighted by Gasteiger charge is 2.58. The fourth-order valence-electron chi connectivity index (χ4n) is 8.99. The molecule has 2 fully saturated rings. The quantitative estimate of drug-likeness (QED) is 0.0456. The number of aromatic hydroxyl groups is 1. The second-order valence-corrected chi connectivity index (χ2v) is 16.9. The van der Waals surface area contributed by atoms with Crippen molar-refractivity contribution in [1.29, 1.82) is 0 Å². The van der Waals surface area contributed by atoms with E-state index in [0.717, 1.165) is 35.1 Å². The molecule has 0 bridgehead atoms. The topological polar surface area (TPSA) is 271 Å². The maximum absolute atomic E-state index is 13.8. The molecule has 8 atom stereocenters. The number of hydrogen-bond donors (Lipinski definition) is 8. The summed E-state index contributed by atoms with van der Waals surface area (Å²) in [6.07, 6.45) is -2.12. The molecule has 1 aliphatic carbocycles. The average Bonchev–Trinajstić information content (AvgIpc) is 4.03. The monoisotopic (exact) mass is 897 g/mol. The number of carbonyl (C=O) groups is 2. The summed E-state index contributed by atoms with van der Waals surface area (Å²) in [5.41, 5.74) is 4.94. The summed E-state index contributed by atoms with van der Waals surface area (Å²) in [5.74, 6) is -8.33. The van der Waals surface area contributed by atoms with Gasteiger partial charge in [0.1, 0.15) is 42.2 Å². The van der Waals surface area contributed by atoms with Crippen molar-refractivity contribution >= 4 is 34.8 Å². The smallest absolute Gasteiger partial charge is 0.324 e. The Morgan fingerprint density at radius 1 is 0.985 bits per heavy atom. The summed E-state index contributed by atoms with van der Waals surface area (Å²) in [7, 11) is 0. The van der Waals surface area contributed by atoms with Crippen molar-refractivity contribution in [1.82, 2.24) is 10.4 Å². The number of ether oxygens (including phenoxy) is 3. The molecule has 18 heteroatoms. The lowest BCUT2D eigenvalue weighted by Crippen LogP contribution is -2.68. The van der Waals surface area contributed by atoms with Crippen LogP contribution >= 0.6 is 0 Å². The zero-order valence-electron chi connectivity index (χ0n) is 35.6. The zero-order valence-corrected chi connectivity index (χ0v) is 35.6. The molecule has 3 aromatic carbocycles. The number of allylic oxidation sites excluding steroid dienone is 1. The van der Waals surface area contributed by atoms with Gasteiger partial charge in [-0.2, -0.15) is 0 Å². The van der Waals surface area contributed by atoms with E-state index in [1.807, 2.05) is 32.0 Å². The molecule has 344 valence electrons. The van der Waals surface area contributed by atoms with E-state index < -0.39 is 79.0 Å². The molecule has 4 heterocycles. The fraction of sp³-hybridized carbons (Fsp3) is 0.404.